The lowest BCUT2D eigenvalue weighted by Crippen LogP contribution is -2.39. The number of aryl methyl sites for hydroxylation is 1. The van der Waals surface area contributed by atoms with Gasteiger partial charge >= 0.3 is 0 Å². The van der Waals surface area contributed by atoms with Crippen molar-refractivity contribution in [1.29, 1.82) is 0 Å². The second kappa shape index (κ2) is 4.66. The number of ether oxygens (including phenoxy) is 2. The molecule has 1 saturated heterocycles. The summed E-state index contributed by atoms with van der Waals surface area (Å²) in [5.74, 6) is 1.76. The Morgan fingerprint density at radius 1 is 1.11 bits per heavy atom. The van der Waals surface area contributed by atoms with Crippen molar-refractivity contribution in [3.8, 4) is 11.5 Å². The zero-order valence-electron chi connectivity index (χ0n) is 10.8. The van der Waals surface area contributed by atoms with Crippen LogP contribution in [0.4, 0.5) is 5.69 Å². The Morgan fingerprint density at radius 3 is 2.50 bits per heavy atom. The average molecular weight is 249 g/mol. The fourth-order valence-electron chi connectivity index (χ4n) is 2.42. The van der Waals surface area contributed by atoms with E-state index in [1.807, 2.05) is 6.92 Å². The molecule has 2 heterocycles. The van der Waals surface area contributed by atoms with Crippen LogP contribution >= 0.6 is 0 Å². The predicted octanol–water partition coefficient (Wildman–Crippen LogP) is 0.963. The molecular weight excluding hydrogens is 230 g/mol. The van der Waals surface area contributed by atoms with E-state index < -0.39 is 0 Å². The number of fused-ring (bicyclic) bond motifs is 1. The molecule has 98 valence electrons. The van der Waals surface area contributed by atoms with Crippen molar-refractivity contribution in [2.45, 2.75) is 20.1 Å². The Hall–Kier alpha value is -1.46. The van der Waals surface area contributed by atoms with Crippen molar-refractivity contribution in [2.24, 2.45) is 0 Å². The van der Waals surface area contributed by atoms with E-state index >= 15 is 0 Å². The quantitative estimate of drug-likeness (QED) is 0.729. The van der Waals surface area contributed by atoms with Gasteiger partial charge in [-0.25, -0.2) is 0 Å². The lowest BCUT2D eigenvalue weighted by atomic mass is 10.1. The summed E-state index contributed by atoms with van der Waals surface area (Å²) < 4.78 is 11.4. The van der Waals surface area contributed by atoms with Crippen molar-refractivity contribution in [3.05, 3.63) is 17.2 Å². The van der Waals surface area contributed by atoms with E-state index in [1.165, 1.54) is 0 Å². The van der Waals surface area contributed by atoms with Gasteiger partial charge in [0, 0.05) is 24.3 Å². The summed E-state index contributed by atoms with van der Waals surface area (Å²) in [6, 6.07) is 2.12. The lowest BCUT2D eigenvalue weighted by Gasteiger charge is -2.25. The third-order valence-corrected chi connectivity index (χ3v) is 3.37. The van der Waals surface area contributed by atoms with E-state index in [0.29, 0.717) is 13.2 Å². The first-order chi connectivity index (χ1) is 8.75. The lowest BCUT2D eigenvalue weighted by molar-refractivity contribution is 0.169. The Kier molecular flexibility index (Phi) is 3.01. The van der Waals surface area contributed by atoms with E-state index in [9.17, 15) is 0 Å². The van der Waals surface area contributed by atoms with Gasteiger partial charge in [-0.1, -0.05) is 0 Å². The molecule has 1 aromatic carbocycles. The molecule has 0 saturated carbocycles. The van der Waals surface area contributed by atoms with Gasteiger partial charge in [-0.15, -0.1) is 0 Å². The van der Waals surface area contributed by atoms with Crippen molar-refractivity contribution in [2.75, 3.05) is 31.6 Å². The summed E-state index contributed by atoms with van der Waals surface area (Å²) in [6.45, 7) is 7.33. The predicted molar refractivity (Wildman–Crippen MR) is 70.3 cm³/mol. The van der Waals surface area contributed by atoms with Gasteiger partial charge in [-0.05, 0) is 25.5 Å². The Balaban J connectivity index is 1.92. The molecule has 1 fully saturated rings. The molecule has 5 heteroatoms. The maximum absolute atomic E-state index is 5.73. The zero-order chi connectivity index (χ0) is 12.5. The van der Waals surface area contributed by atoms with Crippen LogP contribution in [0.15, 0.2) is 6.07 Å². The molecule has 3 N–H and O–H groups in total. The largest absolute Gasteiger partial charge is 0.486 e. The normalized spacial score (nSPS) is 19.0. The number of benzene rings is 1. The number of rotatable bonds is 2. The summed E-state index contributed by atoms with van der Waals surface area (Å²) in [5.41, 5.74) is 3.30. The Bertz CT molecular complexity index is 456. The standard InChI is InChI=1S/C13H19N3O2/c1-8-7-10(16-13-14-3-4-15-13)9(2)12-11(8)17-5-6-18-12/h7,13-16H,3-6H2,1-2H3. The summed E-state index contributed by atoms with van der Waals surface area (Å²) in [4.78, 5) is 0. The highest BCUT2D eigenvalue weighted by Gasteiger charge is 2.21. The highest BCUT2D eigenvalue weighted by atomic mass is 16.6. The minimum Gasteiger partial charge on any atom is -0.486 e. The minimum absolute atomic E-state index is 0.130. The molecule has 0 radical (unpaired) electrons. The summed E-state index contributed by atoms with van der Waals surface area (Å²) in [5, 5.41) is 10.1. The van der Waals surface area contributed by atoms with E-state index in [1.54, 1.807) is 0 Å². The molecule has 0 unspecified atom stereocenters. The van der Waals surface area contributed by atoms with Crippen LogP contribution in [-0.2, 0) is 0 Å². The maximum atomic E-state index is 5.73. The van der Waals surface area contributed by atoms with Gasteiger partial charge in [0.15, 0.2) is 11.5 Å². The number of anilines is 1. The topological polar surface area (TPSA) is 54.5 Å². The van der Waals surface area contributed by atoms with Crippen LogP contribution in [0, 0.1) is 13.8 Å². The Morgan fingerprint density at radius 2 is 1.78 bits per heavy atom. The van der Waals surface area contributed by atoms with Crippen LogP contribution in [0.1, 0.15) is 11.1 Å². The van der Waals surface area contributed by atoms with Gasteiger partial charge in [0.05, 0.1) is 0 Å². The second-order valence-corrected chi connectivity index (χ2v) is 4.71. The van der Waals surface area contributed by atoms with Crippen LogP contribution in [0.3, 0.4) is 0 Å². The van der Waals surface area contributed by atoms with Gasteiger partial charge in [0.1, 0.15) is 19.5 Å². The van der Waals surface area contributed by atoms with Crippen molar-refractivity contribution >= 4 is 5.69 Å². The average Bonchev–Trinajstić information content (AvgIpc) is 2.89. The van der Waals surface area contributed by atoms with E-state index in [-0.39, 0.29) is 6.29 Å². The summed E-state index contributed by atoms with van der Waals surface area (Å²) in [7, 11) is 0. The molecule has 18 heavy (non-hydrogen) atoms. The SMILES string of the molecule is Cc1cc(NC2NCCN2)c(C)c2c1OCCO2. The first-order valence-corrected chi connectivity index (χ1v) is 6.39. The van der Waals surface area contributed by atoms with Crippen LogP contribution in [0.5, 0.6) is 11.5 Å². The van der Waals surface area contributed by atoms with Gasteiger partial charge < -0.3 is 14.8 Å². The second-order valence-electron chi connectivity index (χ2n) is 4.71. The molecule has 5 nitrogen and oxygen atoms in total. The molecule has 0 spiro atoms. The molecule has 2 aliphatic rings. The third-order valence-electron chi connectivity index (χ3n) is 3.37. The monoisotopic (exact) mass is 249 g/mol. The fourth-order valence-corrected chi connectivity index (χ4v) is 2.42. The summed E-state index contributed by atoms with van der Waals surface area (Å²) >= 11 is 0. The zero-order valence-corrected chi connectivity index (χ0v) is 10.8. The third kappa shape index (κ3) is 2.00. The van der Waals surface area contributed by atoms with Gasteiger partial charge in [0.25, 0.3) is 0 Å². The van der Waals surface area contributed by atoms with E-state index in [4.69, 9.17) is 9.47 Å². The number of hydrogen-bond acceptors (Lipinski definition) is 5. The molecule has 1 aromatic rings. The molecule has 0 aliphatic carbocycles. The van der Waals surface area contributed by atoms with Gasteiger partial charge in [0.2, 0.25) is 0 Å². The number of hydrogen-bond donors (Lipinski definition) is 3. The van der Waals surface area contributed by atoms with Crippen molar-refractivity contribution < 1.29 is 9.47 Å². The van der Waals surface area contributed by atoms with E-state index in [0.717, 1.165) is 41.4 Å². The highest BCUT2D eigenvalue weighted by Crippen LogP contribution is 2.40. The van der Waals surface area contributed by atoms with Crippen LogP contribution in [0.2, 0.25) is 0 Å². The maximum Gasteiger partial charge on any atom is 0.166 e. The first-order valence-electron chi connectivity index (χ1n) is 6.39. The summed E-state index contributed by atoms with van der Waals surface area (Å²) in [6.07, 6.45) is 0.130. The first kappa shape index (κ1) is 11.6. The highest BCUT2D eigenvalue weighted by molar-refractivity contribution is 5.66. The smallest absolute Gasteiger partial charge is 0.166 e. The van der Waals surface area contributed by atoms with E-state index in [2.05, 4.69) is 28.9 Å². The molecule has 0 atom stereocenters. The molecule has 0 bridgehead atoms. The van der Waals surface area contributed by atoms with Crippen molar-refractivity contribution in [3.63, 3.8) is 0 Å². The number of nitrogens with one attached hydrogen (secondary N) is 3. The Labute approximate surface area is 107 Å². The van der Waals surface area contributed by atoms with Crippen LogP contribution in [0.25, 0.3) is 0 Å². The molecule has 0 amide bonds. The van der Waals surface area contributed by atoms with Gasteiger partial charge in [-0.2, -0.15) is 0 Å². The van der Waals surface area contributed by atoms with Crippen LogP contribution in [-0.4, -0.2) is 32.6 Å². The molecular formula is C13H19N3O2. The van der Waals surface area contributed by atoms with Crippen LogP contribution < -0.4 is 25.4 Å². The van der Waals surface area contributed by atoms with Gasteiger partial charge in [-0.3, -0.25) is 10.6 Å². The molecule has 2 aliphatic heterocycles. The fraction of sp³-hybridized carbons (Fsp3) is 0.538. The molecule has 0 aromatic heterocycles. The van der Waals surface area contributed by atoms with Crippen molar-refractivity contribution in [1.82, 2.24) is 10.6 Å². The minimum atomic E-state index is 0.130. The molecule has 3 rings (SSSR count).